The first kappa shape index (κ1) is 17.0. The minimum atomic E-state index is -0.570. The first-order valence-corrected chi connectivity index (χ1v) is 7.96. The van der Waals surface area contributed by atoms with Crippen molar-refractivity contribution in [3.8, 4) is 0 Å². The van der Waals surface area contributed by atoms with Crippen LogP contribution in [0.1, 0.15) is 16.8 Å². The predicted molar refractivity (Wildman–Crippen MR) is 87.2 cm³/mol. The van der Waals surface area contributed by atoms with E-state index in [2.05, 4.69) is 5.32 Å². The highest BCUT2D eigenvalue weighted by Gasteiger charge is 2.18. The number of halogens is 1. The van der Waals surface area contributed by atoms with E-state index in [-0.39, 0.29) is 17.1 Å². The Balaban J connectivity index is 1.77. The van der Waals surface area contributed by atoms with Gasteiger partial charge in [0.25, 0.3) is 11.6 Å². The average Bonchev–Trinajstić information content (AvgIpc) is 2.56. The molecule has 0 spiro atoms. The van der Waals surface area contributed by atoms with E-state index in [1.807, 2.05) is 0 Å². The third-order valence-corrected chi connectivity index (χ3v) is 4.13. The topological polar surface area (TPSA) is 72.2 Å². The summed E-state index contributed by atoms with van der Waals surface area (Å²) in [5, 5.41) is 13.6. The van der Waals surface area contributed by atoms with Crippen LogP contribution in [0.25, 0.3) is 0 Å². The summed E-state index contributed by atoms with van der Waals surface area (Å²) in [7, 11) is 0. The second kappa shape index (κ2) is 8.28. The van der Waals surface area contributed by atoms with Gasteiger partial charge in [-0.3, -0.25) is 14.9 Å². The number of carbonyl (C=O) groups is 1. The lowest BCUT2D eigenvalue weighted by atomic mass is 10.1. The van der Waals surface area contributed by atoms with Gasteiger partial charge in [-0.15, -0.1) is 11.8 Å². The maximum Gasteiger partial charge on any atom is 0.282 e. The maximum absolute atomic E-state index is 12.8. The zero-order valence-electron chi connectivity index (χ0n) is 12.2. The number of amides is 1. The van der Waals surface area contributed by atoms with E-state index < -0.39 is 10.8 Å². The lowest BCUT2D eigenvalue weighted by Gasteiger charge is -2.06. The second-order valence-electron chi connectivity index (χ2n) is 4.69. The first-order valence-electron chi connectivity index (χ1n) is 6.98. The Morgan fingerprint density at radius 3 is 2.57 bits per heavy atom. The molecule has 23 heavy (non-hydrogen) atoms. The van der Waals surface area contributed by atoms with Gasteiger partial charge in [0, 0.05) is 17.5 Å². The van der Waals surface area contributed by atoms with Gasteiger partial charge in [0.1, 0.15) is 11.4 Å². The lowest BCUT2D eigenvalue weighted by molar-refractivity contribution is -0.385. The Kier molecular flexibility index (Phi) is 6.10. The number of nitro benzene ring substituents is 1. The fourth-order valence-corrected chi connectivity index (χ4v) is 2.77. The summed E-state index contributed by atoms with van der Waals surface area (Å²) in [5.74, 6) is 0.0261. The molecule has 0 atom stereocenters. The van der Waals surface area contributed by atoms with Crippen molar-refractivity contribution in [2.75, 3.05) is 12.3 Å². The van der Waals surface area contributed by atoms with Crippen LogP contribution in [0.2, 0.25) is 0 Å². The van der Waals surface area contributed by atoms with E-state index in [4.69, 9.17) is 0 Å². The molecule has 1 N–H and O–H groups in total. The molecular formula is C16H15FN2O3S. The fourth-order valence-electron chi connectivity index (χ4n) is 1.92. The van der Waals surface area contributed by atoms with Crippen molar-refractivity contribution < 1.29 is 14.1 Å². The van der Waals surface area contributed by atoms with Crippen LogP contribution in [-0.2, 0) is 0 Å². The number of hydrogen-bond donors (Lipinski definition) is 1. The van der Waals surface area contributed by atoms with E-state index >= 15 is 0 Å². The van der Waals surface area contributed by atoms with Gasteiger partial charge in [0.05, 0.1) is 4.92 Å². The minimum Gasteiger partial charge on any atom is -0.352 e. The van der Waals surface area contributed by atoms with Crippen LogP contribution in [0.4, 0.5) is 10.1 Å². The molecule has 0 aliphatic heterocycles. The van der Waals surface area contributed by atoms with Crippen LogP contribution in [0.3, 0.4) is 0 Å². The number of thioether (sulfide) groups is 1. The summed E-state index contributed by atoms with van der Waals surface area (Å²) in [6.45, 7) is 0.416. The standard InChI is InChI=1S/C16H15FN2O3S/c17-12-6-8-13(9-7-12)23-11-3-10-18-16(20)14-4-1-2-5-15(14)19(21)22/h1-2,4-9H,3,10-11H2,(H,18,20). The molecule has 2 aromatic carbocycles. The number of nitro groups is 1. The molecule has 0 aliphatic rings. The summed E-state index contributed by atoms with van der Waals surface area (Å²) in [6, 6.07) is 12.1. The monoisotopic (exact) mass is 334 g/mol. The maximum atomic E-state index is 12.8. The molecule has 0 radical (unpaired) electrons. The molecule has 0 heterocycles. The van der Waals surface area contributed by atoms with E-state index in [1.54, 1.807) is 30.0 Å². The highest BCUT2D eigenvalue weighted by molar-refractivity contribution is 7.99. The summed E-state index contributed by atoms with van der Waals surface area (Å²) in [6.07, 6.45) is 0.703. The number of nitrogens with zero attached hydrogens (tertiary/aromatic N) is 1. The summed E-state index contributed by atoms with van der Waals surface area (Å²) >= 11 is 1.56. The molecule has 0 saturated heterocycles. The van der Waals surface area contributed by atoms with Crippen molar-refractivity contribution in [2.45, 2.75) is 11.3 Å². The molecule has 0 aliphatic carbocycles. The van der Waals surface area contributed by atoms with Gasteiger partial charge in [-0.1, -0.05) is 12.1 Å². The van der Waals surface area contributed by atoms with Crippen LogP contribution < -0.4 is 5.32 Å². The number of rotatable bonds is 7. The van der Waals surface area contributed by atoms with Gasteiger partial charge >= 0.3 is 0 Å². The Labute approximate surface area is 137 Å². The molecule has 0 bridgehead atoms. The van der Waals surface area contributed by atoms with Gasteiger partial charge in [-0.2, -0.15) is 0 Å². The third kappa shape index (κ3) is 5.07. The van der Waals surface area contributed by atoms with E-state index in [0.717, 1.165) is 10.6 Å². The van der Waals surface area contributed by atoms with Gasteiger partial charge < -0.3 is 5.32 Å². The highest BCUT2D eigenvalue weighted by atomic mass is 32.2. The number of carbonyl (C=O) groups excluding carboxylic acids is 1. The van der Waals surface area contributed by atoms with Gasteiger partial charge in [-0.05, 0) is 42.5 Å². The van der Waals surface area contributed by atoms with E-state index in [1.165, 1.54) is 30.3 Å². The number of benzene rings is 2. The summed E-state index contributed by atoms with van der Waals surface area (Å²) in [4.78, 5) is 23.2. The van der Waals surface area contributed by atoms with Crippen molar-refractivity contribution in [1.82, 2.24) is 5.32 Å². The summed E-state index contributed by atoms with van der Waals surface area (Å²) < 4.78 is 12.8. The molecule has 2 aromatic rings. The van der Waals surface area contributed by atoms with Crippen LogP contribution in [0, 0.1) is 15.9 Å². The average molecular weight is 334 g/mol. The molecule has 0 fully saturated rings. The fraction of sp³-hybridized carbons (Fsp3) is 0.188. The Hall–Kier alpha value is -2.41. The molecule has 0 saturated carbocycles. The Morgan fingerprint density at radius 1 is 1.17 bits per heavy atom. The Morgan fingerprint density at radius 2 is 1.87 bits per heavy atom. The Bertz CT molecular complexity index is 692. The van der Waals surface area contributed by atoms with Crippen LogP contribution in [0.5, 0.6) is 0 Å². The highest BCUT2D eigenvalue weighted by Crippen LogP contribution is 2.19. The van der Waals surface area contributed by atoms with Crippen molar-refractivity contribution >= 4 is 23.4 Å². The minimum absolute atomic E-state index is 0.0590. The van der Waals surface area contributed by atoms with Crippen LogP contribution in [0.15, 0.2) is 53.4 Å². The number of nitrogens with one attached hydrogen (secondary N) is 1. The van der Waals surface area contributed by atoms with Crippen molar-refractivity contribution in [1.29, 1.82) is 0 Å². The summed E-state index contributed by atoms with van der Waals surface area (Å²) in [5.41, 5.74) is -0.144. The van der Waals surface area contributed by atoms with E-state index in [0.29, 0.717) is 13.0 Å². The van der Waals surface area contributed by atoms with Crippen molar-refractivity contribution in [3.05, 3.63) is 70.0 Å². The number of hydrogen-bond acceptors (Lipinski definition) is 4. The first-order chi connectivity index (χ1) is 11.1. The lowest BCUT2D eigenvalue weighted by Crippen LogP contribution is -2.25. The molecule has 1 amide bonds. The smallest absolute Gasteiger partial charge is 0.282 e. The molecule has 120 valence electrons. The quantitative estimate of drug-likeness (QED) is 0.363. The van der Waals surface area contributed by atoms with Gasteiger partial charge in [0.2, 0.25) is 0 Å². The second-order valence-corrected chi connectivity index (χ2v) is 5.85. The SMILES string of the molecule is O=C(NCCCSc1ccc(F)cc1)c1ccccc1[N+](=O)[O-]. The predicted octanol–water partition coefficient (Wildman–Crippen LogP) is 3.65. The zero-order chi connectivity index (χ0) is 16.7. The van der Waals surface area contributed by atoms with Crippen molar-refractivity contribution in [3.63, 3.8) is 0 Å². The van der Waals surface area contributed by atoms with Gasteiger partial charge in [0.15, 0.2) is 0 Å². The zero-order valence-corrected chi connectivity index (χ0v) is 13.0. The van der Waals surface area contributed by atoms with Crippen LogP contribution in [-0.4, -0.2) is 23.1 Å². The normalized spacial score (nSPS) is 10.3. The largest absolute Gasteiger partial charge is 0.352 e. The third-order valence-electron chi connectivity index (χ3n) is 3.03. The van der Waals surface area contributed by atoms with Gasteiger partial charge in [-0.25, -0.2) is 4.39 Å². The van der Waals surface area contributed by atoms with E-state index in [9.17, 15) is 19.3 Å². The number of para-hydroxylation sites is 1. The molecular weight excluding hydrogens is 319 g/mol. The van der Waals surface area contributed by atoms with Crippen LogP contribution >= 0.6 is 11.8 Å². The molecule has 5 nitrogen and oxygen atoms in total. The molecule has 7 heteroatoms. The molecule has 0 aromatic heterocycles. The molecule has 2 rings (SSSR count). The molecule has 0 unspecified atom stereocenters. The van der Waals surface area contributed by atoms with Crippen molar-refractivity contribution in [2.24, 2.45) is 0 Å².